The first-order chi connectivity index (χ1) is 12.6. The van der Waals surface area contributed by atoms with E-state index in [0.717, 1.165) is 69.6 Å². The molecule has 2 fully saturated rings. The topological polar surface area (TPSA) is 61.5 Å². The number of carbonyl (C=O) groups is 1. The molecule has 0 aliphatic carbocycles. The Kier molecular flexibility index (Phi) is 6.59. The average molecular weight is 383 g/mol. The minimum Gasteiger partial charge on any atom is -0.383 e. The van der Waals surface area contributed by atoms with Crippen molar-refractivity contribution in [3.63, 3.8) is 0 Å². The molecule has 1 atom stereocenters. The Morgan fingerprint density at radius 2 is 2.08 bits per heavy atom. The van der Waals surface area contributed by atoms with Gasteiger partial charge in [-0.15, -0.1) is 0 Å². The number of imidazole rings is 1. The van der Waals surface area contributed by atoms with Crippen LogP contribution in [0.15, 0.2) is 0 Å². The zero-order valence-electron chi connectivity index (χ0n) is 16.0. The molecule has 2 saturated heterocycles. The van der Waals surface area contributed by atoms with E-state index in [1.165, 1.54) is 0 Å². The molecule has 1 unspecified atom stereocenters. The van der Waals surface area contributed by atoms with E-state index < -0.39 is 0 Å². The smallest absolute Gasteiger partial charge is 0.243 e. The first-order valence-electron chi connectivity index (χ1n) is 9.87. The molecule has 1 aromatic rings. The molecule has 0 aromatic carbocycles. The number of rotatable bonds is 8. The Morgan fingerprint density at radius 1 is 1.31 bits per heavy atom. The van der Waals surface area contributed by atoms with Crippen LogP contribution in [0.2, 0.25) is 5.15 Å². The predicted molar refractivity (Wildman–Crippen MR) is 102 cm³/mol. The fraction of sp³-hybridized carbons (Fsp3) is 0.789. The minimum atomic E-state index is -0.371. The number of ether oxygens (including phenoxy) is 1. The molecule has 146 valence electrons. The summed E-state index contributed by atoms with van der Waals surface area (Å²) in [6.45, 7) is 5.88. The second kappa shape index (κ2) is 8.72. The normalized spacial score (nSPS) is 24.1. The summed E-state index contributed by atoms with van der Waals surface area (Å²) in [5, 5.41) is 0.553. The van der Waals surface area contributed by atoms with E-state index in [9.17, 15) is 4.79 Å². The van der Waals surface area contributed by atoms with Crippen LogP contribution in [0, 0.1) is 0 Å². The Hall–Kier alpha value is -1.11. The molecular weight excluding hydrogens is 352 g/mol. The molecule has 3 rings (SSSR count). The molecule has 26 heavy (non-hydrogen) atoms. The molecule has 0 bridgehead atoms. The highest BCUT2D eigenvalue weighted by molar-refractivity contribution is 6.30. The number of nitrogens with one attached hydrogen (secondary N) is 1. The Morgan fingerprint density at radius 3 is 2.81 bits per heavy atom. The molecule has 1 aromatic heterocycles. The maximum absolute atomic E-state index is 13.3. The van der Waals surface area contributed by atoms with Crippen LogP contribution in [0.3, 0.4) is 0 Å². The van der Waals surface area contributed by atoms with Crippen molar-refractivity contribution in [2.75, 3.05) is 33.4 Å². The summed E-state index contributed by atoms with van der Waals surface area (Å²) in [6, 6.07) is 0. The molecule has 2 aliphatic heterocycles. The third kappa shape index (κ3) is 3.92. The molecular formula is C19H31ClN4O2. The molecule has 6 nitrogen and oxygen atoms in total. The zero-order chi connectivity index (χ0) is 18.6. The number of aromatic amines is 1. The standard InChI is InChI=1S/C19H31ClN4O2/c1-3-4-7-16-21-15(17(20)22-16)14-24-11-6-9-19(24)8-5-10-23(18(19)25)12-13-26-2/h3-14H2,1-2H3,(H,21,22). The van der Waals surface area contributed by atoms with Crippen molar-refractivity contribution in [1.82, 2.24) is 19.8 Å². The van der Waals surface area contributed by atoms with Gasteiger partial charge in [0.25, 0.3) is 0 Å². The van der Waals surface area contributed by atoms with Gasteiger partial charge in [0.15, 0.2) is 5.15 Å². The lowest BCUT2D eigenvalue weighted by atomic mass is 9.85. The SMILES string of the molecule is CCCCc1nc(Cl)c(CN2CCCC23CCCN(CCOC)C3=O)[nH]1. The van der Waals surface area contributed by atoms with Crippen LogP contribution in [0.4, 0.5) is 0 Å². The lowest BCUT2D eigenvalue weighted by Gasteiger charge is -2.44. The third-order valence-corrected chi connectivity index (χ3v) is 6.10. The number of hydrogen-bond acceptors (Lipinski definition) is 4. The Balaban J connectivity index is 1.73. The highest BCUT2D eigenvalue weighted by Gasteiger charge is 2.50. The summed E-state index contributed by atoms with van der Waals surface area (Å²) in [6.07, 6.45) is 7.12. The molecule has 2 aliphatic rings. The number of methoxy groups -OCH3 is 1. The van der Waals surface area contributed by atoms with Crippen molar-refractivity contribution in [1.29, 1.82) is 0 Å². The Bertz CT molecular complexity index is 621. The number of piperidine rings is 1. The highest BCUT2D eigenvalue weighted by Crippen LogP contribution is 2.39. The predicted octanol–water partition coefficient (Wildman–Crippen LogP) is 3.01. The number of amides is 1. The van der Waals surface area contributed by atoms with Gasteiger partial charge >= 0.3 is 0 Å². The van der Waals surface area contributed by atoms with E-state index in [4.69, 9.17) is 16.3 Å². The fourth-order valence-electron chi connectivity index (χ4n) is 4.37. The van der Waals surface area contributed by atoms with Gasteiger partial charge in [-0.25, -0.2) is 4.98 Å². The summed E-state index contributed by atoms with van der Waals surface area (Å²) in [7, 11) is 1.68. The summed E-state index contributed by atoms with van der Waals surface area (Å²) in [4.78, 5) is 25.4. The van der Waals surface area contributed by atoms with Crippen LogP contribution < -0.4 is 0 Å². The first-order valence-corrected chi connectivity index (χ1v) is 10.2. The van der Waals surface area contributed by atoms with Gasteiger partial charge in [-0.2, -0.15) is 0 Å². The second-order valence-electron chi connectivity index (χ2n) is 7.50. The van der Waals surface area contributed by atoms with Gasteiger partial charge in [-0.1, -0.05) is 24.9 Å². The summed E-state index contributed by atoms with van der Waals surface area (Å²) in [5.74, 6) is 1.22. The monoisotopic (exact) mass is 382 g/mol. The number of unbranched alkanes of at least 4 members (excludes halogenated alkanes) is 1. The fourth-order valence-corrected chi connectivity index (χ4v) is 4.58. The van der Waals surface area contributed by atoms with Crippen molar-refractivity contribution >= 4 is 17.5 Å². The Labute approximate surface area is 161 Å². The van der Waals surface area contributed by atoms with E-state index in [2.05, 4.69) is 21.8 Å². The maximum Gasteiger partial charge on any atom is 0.243 e. The van der Waals surface area contributed by atoms with Gasteiger partial charge in [0, 0.05) is 33.2 Å². The zero-order valence-corrected chi connectivity index (χ0v) is 16.8. The van der Waals surface area contributed by atoms with E-state index in [-0.39, 0.29) is 11.4 Å². The molecule has 1 N–H and O–H groups in total. The number of aromatic nitrogens is 2. The first kappa shape index (κ1) is 19.6. The number of hydrogen-bond donors (Lipinski definition) is 1. The highest BCUT2D eigenvalue weighted by atomic mass is 35.5. The van der Waals surface area contributed by atoms with Crippen LogP contribution in [0.1, 0.15) is 57.0 Å². The molecule has 0 saturated carbocycles. The van der Waals surface area contributed by atoms with Gasteiger partial charge in [-0.05, 0) is 38.6 Å². The van der Waals surface area contributed by atoms with Crippen LogP contribution in [-0.4, -0.2) is 64.6 Å². The number of aryl methyl sites for hydroxylation is 1. The molecule has 1 amide bonds. The van der Waals surface area contributed by atoms with Crippen molar-refractivity contribution in [2.24, 2.45) is 0 Å². The van der Waals surface area contributed by atoms with E-state index in [0.29, 0.717) is 24.8 Å². The van der Waals surface area contributed by atoms with Gasteiger partial charge in [0.2, 0.25) is 5.91 Å². The largest absolute Gasteiger partial charge is 0.383 e. The van der Waals surface area contributed by atoms with E-state index >= 15 is 0 Å². The van der Waals surface area contributed by atoms with Gasteiger partial charge in [0.1, 0.15) is 11.4 Å². The lowest BCUT2D eigenvalue weighted by Crippen LogP contribution is -2.60. The number of carbonyl (C=O) groups excluding carboxylic acids is 1. The summed E-state index contributed by atoms with van der Waals surface area (Å²) in [5.41, 5.74) is 0.574. The van der Waals surface area contributed by atoms with Crippen LogP contribution >= 0.6 is 11.6 Å². The lowest BCUT2D eigenvalue weighted by molar-refractivity contribution is -0.148. The van der Waals surface area contributed by atoms with Gasteiger partial charge in [0.05, 0.1) is 12.3 Å². The molecule has 7 heteroatoms. The van der Waals surface area contributed by atoms with Crippen molar-refractivity contribution in [3.05, 3.63) is 16.7 Å². The number of H-pyrrole nitrogens is 1. The van der Waals surface area contributed by atoms with Gasteiger partial charge < -0.3 is 14.6 Å². The van der Waals surface area contributed by atoms with Gasteiger partial charge in [-0.3, -0.25) is 9.69 Å². The van der Waals surface area contributed by atoms with Crippen molar-refractivity contribution in [3.8, 4) is 0 Å². The summed E-state index contributed by atoms with van der Waals surface area (Å²) >= 11 is 6.38. The van der Waals surface area contributed by atoms with Crippen molar-refractivity contribution < 1.29 is 9.53 Å². The van der Waals surface area contributed by atoms with E-state index in [1.807, 2.05) is 4.90 Å². The van der Waals surface area contributed by atoms with Crippen LogP contribution in [-0.2, 0) is 22.5 Å². The summed E-state index contributed by atoms with van der Waals surface area (Å²) < 4.78 is 5.18. The minimum absolute atomic E-state index is 0.264. The van der Waals surface area contributed by atoms with Crippen LogP contribution in [0.25, 0.3) is 0 Å². The maximum atomic E-state index is 13.3. The number of halogens is 1. The quantitative estimate of drug-likeness (QED) is 0.750. The number of nitrogens with zero attached hydrogens (tertiary/aromatic N) is 3. The van der Waals surface area contributed by atoms with Crippen LogP contribution in [0.5, 0.6) is 0 Å². The molecule has 0 radical (unpaired) electrons. The average Bonchev–Trinajstić information content (AvgIpc) is 3.19. The second-order valence-corrected chi connectivity index (χ2v) is 7.86. The third-order valence-electron chi connectivity index (χ3n) is 5.79. The van der Waals surface area contributed by atoms with Crippen molar-refractivity contribution in [2.45, 2.75) is 64.0 Å². The number of likely N-dealkylation sites (tertiary alicyclic amines) is 2. The molecule has 3 heterocycles. The molecule has 1 spiro atoms. The van der Waals surface area contributed by atoms with E-state index in [1.54, 1.807) is 7.11 Å².